The van der Waals surface area contributed by atoms with Gasteiger partial charge in [-0.3, -0.25) is 4.79 Å². The number of methoxy groups -OCH3 is 1. The summed E-state index contributed by atoms with van der Waals surface area (Å²) >= 11 is 0. The average Bonchev–Trinajstić information content (AvgIpc) is 3.01. The number of hydrogen-bond donors (Lipinski definition) is 1. The van der Waals surface area contributed by atoms with E-state index in [1.807, 2.05) is 18.2 Å². The molecule has 0 saturated carbocycles. The molecule has 2 aromatic carbocycles. The Morgan fingerprint density at radius 1 is 1.12 bits per heavy atom. The van der Waals surface area contributed by atoms with Gasteiger partial charge in [0.05, 0.1) is 12.7 Å². The molecule has 0 aliphatic rings. The van der Waals surface area contributed by atoms with Crippen LogP contribution in [0.2, 0.25) is 0 Å². The first kappa shape index (κ1) is 14.2. The fourth-order valence-electron chi connectivity index (χ4n) is 2.62. The zero-order valence-corrected chi connectivity index (χ0v) is 12.7. The quantitative estimate of drug-likeness (QED) is 0.574. The number of nitrogens with zero attached hydrogens (tertiary/aromatic N) is 1. The maximum atomic E-state index is 12.3. The highest BCUT2D eigenvalue weighted by Crippen LogP contribution is 2.26. The molecule has 0 amide bonds. The summed E-state index contributed by atoms with van der Waals surface area (Å²) in [5.74, 6) is -0.00486. The molecule has 2 aromatic heterocycles. The fourth-order valence-corrected chi connectivity index (χ4v) is 2.62. The van der Waals surface area contributed by atoms with Gasteiger partial charge in [0.15, 0.2) is 0 Å². The third-order valence-corrected chi connectivity index (χ3v) is 3.81. The lowest BCUT2D eigenvalue weighted by Crippen LogP contribution is -2.08. The zero-order chi connectivity index (χ0) is 16.7. The van der Waals surface area contributed by atoms with Crippen molar-refractivity contribution in [3.05, 3.63) is 64.4 Å². The van der Waals surface area contributed by atoms with E-state index in [1.165, 1.54) is 7.11 Å². The number of esters is 1. The second-order valence-electron chi connectivity index (χ2n) is 5.26. The first-order chi connectivity index (χ1) is 11.7. The van der Waals surface area contributed by atoms with Crippen LogP contribution in [0.25, 0.3) is 33.5 Å². The average molecular weight is 320 g/mol. The summed E-state index contributed by atoms with van der Waals surface area (Å²) in [7, 11) is 1.33. The Balaban J connectivity index is 1.89. The molecule has 6 heteroatoms. The van der Waals surface area contributed by atoms with E-state index >= 15 is 0 Å². The smallest absolute Gasteiger partial charge is 0.337 e. The number of aromatic amines is 1. The standard InChI is InChI=1S/C18H12N2O4/c1-23-18(22)11-8-6-10(7-9-11)16-19-14-12-4-2-3-5-13(12)24-15(14)17(21)20-16/h2-9H,1H3,(H,19,20,21). The molecule has 0 spiro atoms. The highest BCUT2D eigenvalue weighted by atomic mass is 16.5. The summed E-state index contributed by atoms with van der Waals surface area (Å²) in [4.78, 5) is 31.0. The number of carbonyl (C=O) groups is 1. The molecule has 4 rings (SSSR count). The van der Waals surface area contributed by atoms with Gasteiger partial charge in [0.2, 0.25) is 5.58 Å². The number of furan rings is 1. The van der Waals surface area contributed by atoms with Gasteiger partial charge in [-0.2, -0.15) is 0 Å². The number of rotatable bonds is 2. The van der Waals surface area contributed by atoms with Crippen LogP contribution in [0.5, 0.6) is 0 Å². The summed E-state index contributed by atoms with van der Waals surface area (Å²) < 4.78 is 10.2. The van der Waals surface area contributed by atoms with Gasteiger partial charge in [-0.05, 0) is 24.3 Å². The maximum absolute atomic E-state index is 12.3. The molecule has 0 unspecified atom stereocenters. The molecule has 4 aromatic rings. The monoisotopic (exact) mass is 320 g/mol. The normalized spacial score (nSPS) is 11.0. The van der Waals surface area contributed by atoms with E-state index in [-0.39, 0.29) is 11.1 Å². The molecular weight excluding hydrogens is 308 g/mol. The van der Waals surface area contributed by atoms with Crippen molar-refractivity contribution >= 4 is 28.0 Å². The highest BCUT2D eigenvalue weighted by molar-refractivity contribution is 6.02. The number of nitrogens with one attached hydrogen (secondary N) is 1. The van der Waals surface area contributed by atoms with Crippen LogP contribution in [-0.4, -0.2) is 23.0 Å². The van der Waals surface area contributed by atoms with Crippen LogP contribution in [0.4, 0.5) is 0 Å². The van der Waals surface area contributed by atoms with Crippen molar-refractivity contribution in [1.29, 1.82) is 0 Å². The summed E-state index contributed by atoms with van der Waals surface area (Å²) in [6.07, 6.45) is 0. The zero-order valence-electron chi connectivity index (χ0n) is 12.7. The molecular formula is C18H12N2O4. The van der Waals surface area contributed by atoms with Gasteiger partial charge >= 0.3 is 5.97 Å². The minimum Gasteiger partial charge on any atom is -0.465 e. The van der Waals surface area contributed by atoms with E-state index in [0.717, 1.165) is 5.39 Å². The Labute approximate surface area is 135 Å². The van der Waals surface area contributed by atoms with Crippen molar-refractivity contribution in [2.24, 2.45) is 0 Å². The molecule has 0 fully saturated rings. The Bertz CT molecular complexity index is 1120. The molecule has 24 heavy (non-hydrogen) atoms. The summed E-state index contributed by atoms with van der Waals surface area (Å²) in [6.45, 7) is 0. The molecule has 118 valence electrons. The van der Waals surface area contributed by atoms with Gasteiger partial charge in [-0.15, -0.1) is 0 Å². The molecule has 0 atom stereocenters. The molecule has 1 N–H and O–H groups in total. The molecule has 0 aliphatic heterocycles. The number of benzene rings is 2. The number of ether oxygens (including phenoxy) is 1. The lowest BCUT2D eigenvalue weighted by atomic mass is 10.1. The van der Waals surface area contributed by atoms with Crippen molar-refractivity contribution in [3.8, 4) is 11.4 Å². The van der Waals surface area contributed by atoms with Crippen LogP contribution >= 0.6 is 0 Å². The van der Waals surface area contributed by atoms with Crippen molar-refractivity contribution < 1.29 is 13.9 Å². The van der Waals surface area contributed by atoms with Crippen LogP contribution in [-0.2, 0) is 4.74 Å². The molecule has 0 saturated heterocycles. The number of para-hydroxylation sites is 1. The van der Waals surface area contributed by atoms with Gasteiger partial charge in [0.1, 0.15) is 16.9 Å². The SMILES string of the molecule is COC(=O)c1ccc(-c2nc3c(oc4ccccc43)c(=O)[nH]2)cc1. The van der Waals surface area contributed by atoms with Crippen molar-refractivity contribution in [3.63, 3.8) is 0 Å². The van der Waals surface area contributed by atoms with Gasteiger partial charge in [-0.25, -0.2) is 9.78 Å². The van der Waals surface area contributed by atoms with E-state index in [9.17, 15) is 9.59 Å². The number of hydrogen-bond acceptors (Lipinski definition) is 5. The predicted molar refractivity (Wildman–Crippen MR) is 88.9 cm³/mol. The molecule has 2 heterocycles. The number of H-pyrrole nitrogens is 1. The maximum Gasteiger partial charge on any atom is 0.337 e. The first-order valence-electron chi connectivity index (χ1n) is 7.27. The van der Waals surface area contributed by atoms with E-state index in [4.69, 9.17) is 4.42 Å². The van der Waals surface area contributed by atoms with Gasteiger partial charge in [0, 0.05) is 10.9 Å². The van der Waals surface area contributed by atoms with E-state index in [1.54, 1.807) is 30.3 Å². The lowest BCUT2D eigenvalue weighted by Gasteiger charge is -2.03. The van der Waals surface area contributed by atoms with Crippen LogP contribution in [0, 0.1) is 0 Å². The van der Waals surface area contributed by atoms with Crippen molar-refractivity contribution in [2.75, 3.05) is 7.11 Å². The van der Waals surface area contributed by atoms with Crippen molar-refractivity contribution in [1.82, 2.24) is 9.97 Å². The third-order valence-electron chi connectivity index (χ3n) is 3.81. The fraction of sp³-hybridized carbons (Fsp3) is 0.0556. The van der Waals surface area contributed by atoms with E-state index in [0.29, 0.717) is 28.1 Å². The Hall–Kier alpha value is -3.41. The van der Waals surface area contributed by atoms with Gasteiger partial charge in [-0.1, -0.05) is 24.3 Å². The Morgan fingerprint density at radius 2 is 1.88 bits per heavy atom. The minimum atomic E-state index is -0.417. The van der Waals surface area contributed by atoms with Gasteiger partial charge in [0.25, 0.3) is 5.56 Å². The van der Waals surface area contributed by atoms with E-state index in [2.05, 4.69) is 14.7 Å². The first-order valence-corrected chi connectivity index (χ1v) is 7.27. The van der Waals surface area contributed by atoms with Crippen LogP contribution in [0.1, 0.15) is 10.4 Å². The molecule has 6 nitrogen and oxygen atoms in total. The lowest BCUT2D eigenvalue weighted by molar-refractivity contribution is 0.0601. The van der Waals surface area contributed by atoms with Crippen LogP contribution in [0.3, 0.4) is 0 Å². The minimum absolute atomic E-state index is 0.200. The van der Waals surface area contributed by atoms with Crippen LogP contribution < -0.4 is 5.56 Å². The summed E-state index contributed by atoms with van der Waals surface area (Å²) in [5, 5.41) is 0.783. The molecule has 0 radical (unpaired) electrons. The summed E-state index contributed by atoms with van der Waals surface area (Å²) in [6, 6.07) is 14.0. The van der Waals surface area contributed by atoms with Gasteiger partial charge < -0.3 is 14.1 Å². The Morgan fingerprint density at radius 3 is 2.62 bits per heavy atom. The molecule has 0 aliphatic carbocycles. The predicted octanol–water partition coefficient (Wildman–Crippen LogP) is 3.12. The summed E-state index contributed by atoms with van der Waals surface area (Å²) in [5.41, 5.74) is 2.10. The van der Waals surface area contributed by atoms with Crippen molar-refractivity contribution in [2.45, 2.75) is 0 Å². The number of carbonyl (C=O) groups excluding carboxylic acids is 1. The van der Waals surface area contributed by atoms with Crippen LogP contribution in [0.15, 0.2) is 57.7 Å². The number of aromatic nitrogens is 2. The second kappa shape index (κ2) is 5.34. The van der Waals surface area contributed by atoms with E-state index < -0.39 is 5.97 Å². The largest absolute Gasteiger partial charge is 0.465 e. The third kappa shape index (κ3) is 2.16. The second-order valence-corrected chi connectivity index (χ2v) is 5.26. The topological polar surface area (TPSA) is 85.2 Å². The molecule has 0 bridgehead atoms. The Kier molecular flexibility index (Phi) is 3.16. The number of fused-ring (bicyclic) bond motifs is 3. The highest BCUT2D eigenvalue weighted by Gasteiger charge is 2.14.